The van der Waals surface area contributed by atoms with E-state index in [-0.39, 0.29) is 0 Å². The maximum absolute atomic E-state index is 5.71. The topological polar surface area (TPSA) is 21.3 Å². The Labute approximate surface area is 114 Å². The Balaban J connectivity index is 0.000000232. The predicted molar refractivity (Wildman–Crippen MR) is 81.3 cm³/mol. The molecule has 0 aromatic heterocycles. The minimum atomic E-state index is 0.881. The minimum absolute atomic E-state index is 0.881. The number of hydrogen-bond acceptors (Lipinski definition) is 2. The van der Waals surface area contributed by atoms with Gasteiger partial charge in [-0.2, -0.15) is 0 Å². The number of anilines is 2. The highest BCUT2D eigenvalue weighted by Crippen LogP contribution is 2.40. The molecule has 0 aliphatic carbocycles. The van der Waals surface area contributed by atoms with Gasteiger partial charge in [-0.25, -0.2) is 0 Å². The van der Waals surface area contributed by atoms with Gasteiger partial charge in [0.25, 0.3) is 0 Å². The molecule has 0 atom stereocenters. The van der Waals surface area contributed by atoms with Crippen LogP contribution in [0.2, 0.25) is 0 Å². The molecule has 0 saturated heterocycles. The summed E-state index contributed by atoms with van der Waals surface area (Å²) in [6.45, 7) is 8.93. The lowest BCUT2D eigenvalue weighted by Crippen LogP contribution is -2.01. The van der Waals surface area contributed by atoms with Crippen molar-refractivity contribution in [3.8, 4) is 11.5 Å². The molecular formula is C17H17NO. The predicted octanol–water partition coefficient (Wildman–Crippen LogP) is 5.28. The van der Waals surface area contributed by atoms with Crippen LogP contribution in [0.5, 0.6) is 11.5 Å². The third kappa shape index (κ3) is 3.26. The summed E-state index contributed by atoms with van der Waals surface area (Å²) in [5.41, 5.74) is 3.06. The molecule has 0 radical (unpaired) electrons. The third-order valence-corrected chi connectivity index (χ3v) is 2.61. The summed E-state index contributed by atoms with van der Waals surface area (Å²) >= 11 is 0. The second-order valence-corrected chi connectivity index (χ2v) is 4.27. The molecule has 2 aromatic rings. The normalized spacial score (nSPS) is 10.6. The Morgan fingerprint density at radius 3 is 1.84 bits per heavy atom. The first-order valence-corrected chi connectivity index (χ1v) is 6.11. The Hall–Kier alpha value is -2.48. The fourth-order valence-corrected chi connectivity index (χ4v) is 1.58. The first-order valence-electron chi connectivity index (χ1n) is 6.11. The maximum Gasteiger partial charge on any atom is 0.150 e. The molecule has 0 fully saturated rings. The van der Waals surface area contributed by atoms with Gasteiger partial charge in [-0.15, -0.1) is 0 Å². The van der Waals surface area contributed by atoms with Gasteiger partial charge in [0.05, 0.1) is 11.4 Å². The van der Waals surface area contributed by atoms with Crippen molar-refractivity contribution in [1.82, 2.24) is 0 Å². The van der Waals surface area contributed by atoms with Crippen LogP contribution in [0.1, 0.15) is 6.92 Å². The van der Waals surface area contributed by atoms with E-state index in [9.17, 15) is 0 Å². The molecule has 2 nitrogen and oxygen atoms in total. The summed E-state index contributed by atoms with van der Waals surface area (Å²) in [4.78, 5) is 0. The monoisotopic (exact) mass is 251 g/mol. The number of para-hydroxylation sites is 4. The second-order valence-electron chi connectivity index (χ2n) is 4.27. The quantitative estimate of drug-likeness (QED) is 0.594. The van der Waals surface area contributed by atoms with Gasteiger partial charge in [0, 0.05) is 0 Å². The van der Waals surface area contributed by atoms with Crippen molar-refractivity contribution in [3.05, 3.63) is 73.3 Å². The molecule has 1 heterocycles. The standard InChI is InChI=1S/C12H9NO.C5H8/c1-3-7-11-9(5-1)13-10-6-2-4-8-12(10)14-11;1-4-5(2)3/h1-8,13H;4H,1-2H2,3H3. The van der Waals surface area contributed by atoms with E-state index in [2.05, 4.69) is 18.5 Å². The summed E-state index contributed by atoms with van der Waals surface area (Å²) in [7, 11) is 0. The van der Waals surface area contributed by atoms with E-state index < -0.39 is 0 Å². The third-order valence-electron chi connectivity index (χ3n) is 2.61. The van der Waals surface area contributed by atoms with Crippen molar-refractivity contribution in [1.29, 1.82) is 0 Å². The number of ether oxygens (including phenoxy) is 1. The van der Waals surface area contributed by atoms with Gasteiger partial charge in [-0.1, -0.05) is 49.1 Å². The zero-order valence-electron chi connectivity index (χ0n) is 11.0. The van der Waals surface area contributed by atoms with Crippen LogP contribution in [0.3, 0.4) is 0 Å². The van der Waals surface area contributed by atoms with E-state index in [0.717, 1.165) is 28.4 Å². The van der Waals surface area contributed by atoms with Gasteiger partial charge in [0.1, 0.15) is 0 Å². The zero-order valence-corrected chi connectivity index (χ0v) is 11.0. The Morgan fingerprint density at radius 2 is 1.42 bits per heavy atom. The average molecular weight is 251 g/mol. The van der Waals surface area contributed by atoms with Crippen molar-refractivity contribution < 1.29 is 4.74 Å². The lowest BCUT2D eigenvalue weighted by atomic mass is 10.2. The number of fused-ring (bicyclic) bond motifs is 2. The van der Waals surface area contributed by atoms with E-state index in [1.165, 1.54) is 0 Å². The maximum atomic E-state index is 5.71. The number of nitrogens with one attached hydrogen (secondary N) is 1. The summed E-state index contributed by atoms with van der Waals surface area (Å²) < 4.78 is 5.71. The number of allylic oxidation sites excluding steroid dienone is 2. The highest BCUT2D eigenvalue weighted by Gasteiger charge is 2.13. The second kappa shape index (κ2) is 5.91. The summed E-state index contributed by atoms with van der Waals surface area (Å²) in [5.74, 6) is 1.76. The Kier molecular flexibility index (Phi) is 4.04. The average Bonchev–Trinajstić information content (AvgIpc) is 2.45. The summed E-state index contributed by atoms with van der Waals surface area (Å²) in [5, 5.41) is 3.32. The molecule has 0 saturated carbocycles. The van der Waals surface area contributed by atoms with Crippen LogP contribution in [-0.2, 0) is 0 Å². The molecule has 2 aromatic carbocycles. The molecule has 0 bridgehead atoms. The van der Waals surface area contributed by atoms with Gasteiger partial charge in [-0.3, -0.25) is 0 Å². The van der Waals surface area contributed by atoms with Gasteiger partial charge >= 0.3 is 0 Å². The molecule has 96 valence electrons. The van der Waals surface area contributed by atoms with Crippen molar-refractivity contribution in [2.45, 2.75) is 6.92 Å². The first kappa shape index (κ1) is 13.0. The van der Waals surface area contributed by atoms with Crippen molar-refractivity contribution in [2.24, 2.45) is 0 Å². The molecule has 0 spiro atoms. The van der Waals surface area contributed by atoms with E-state index >= 15 is 0 Å². The number of hydrogen-bond donors (Lipinski definition) is 1. The fourth-order valence-electron chi connectivity index (χ4n) is 1.58. The van der Waals surface area contributed by atoms with Crippen molar-refractivity contribution in [3.63, 3.8) is 0 Å². The lowest BCUT2D eigenvalue weighted by Gasteiger charge is -2.20. The SMILES string of the molecule is C=CC(=C)C.c1ccc2c(c1)Nc1ccccc1O2. The van der Waals surface area contributed by atoms with Gasteiger partial charge in [0.15, 0.2) is 11.5 Å². The molecule has 3 rings (SSSR count). The van der Waals surface area contributed by atoms with Crippen molar-refractivity contribution in [2.75, 3.05) is 5.32 Å². The number of benzene rings is 2. The molecular weight excluding hydrogens is 234 g/mol. The fraction of sp³-hybridized carbons (Fsp3) is 0.0588. The molecule has 2 heteroatoms. The van der Waals surface area contributed by atoms with E-state index in [4.69, 9.17) is 4.74 Å². The van der Waals surface area contributed by atoms with Crippen LogP contribution >= 0.6 is 0 Å². The molecule has 0 unspecified atom stereocenters. The van der Waals surface area contributed by atoms with E-state index in [1.807, 2.05) is 55.5 Å². The van der Waals surface area contributed by atoms with E-state index in [1.54, 1.807) is 6.08 Å². The Bertz CT molecular complexity index is 514. The van der Waals surface area contributed by atoms with Crippen molar-refractivity contribution >= 4 is 11.4 Å². The molecule has 19 heavy (non-hydrogen) atoms. The van der Waals surface area contributed by atoms with Crippen LogP contribution in [0.15, 0.2) is 73.3 Å². The van der Waals surface area contributed by atoms with Crippen LogP contribution in [0, 0.1) is 0 Å². The largest absolute Gasteiger partial charge is 0.453 e. The molecule has 1 aliphatic heterocycles. The van der Waals surface area contributed by atoms with Crippen LogP contribution in [0.4, 0.5) is 11.4 Å². The number of rotatable bonds is 1. The van der Waals surface area contributed by atoms with Gasteiger partial charge < -0.3 is 10.1 Å². The summed E-state index contributed by atoms with van der Waals surface area (Å²) in [6, 6.07) is 15.8. The minimum Gasteiger partial charge on any atom is -0.453 e. The van der Waals surface area contributed by atoms with Gasteiger partial charge in [0.2, 0.25) is 0 Å². The zero-order chi connectivity index (χ0) is 13.7. The lowest BCUT2D eigenvalue weighted by molar-refractivity contribution is 0.481. The Morgan fingerprint density at radius 1 is 1.00 bits per heavy atom. The van der Waals surface area contributed by atoms with E-state index in [0.29, 0.717) is 0 Å². The smallest absolute Gasteiger partial charge is 0.150 e. The van der Waals surface area contributed by atoms with Gasteiger partial charge in [-0.05, 0) is 31.2 Å². The summed E-state index contributed by atoms with van der Waals surface area (Å²) in [6.07, 6.45) is 1.72. The van der Waals surface area contributed by atoms with Crippen LogP contribution in [0.25, 0.3) is 0 Å². The van der Waals surface area contributed by atoms with Crippen LogP contribution < -0.4 is 10.1 Å². The highest BCUT2D eigenvalue weighted by molar-refractivity contribution is 5.75. The molecule has 0 amide bonds. The molecule has 1 N–H and O–H groups in total. The first-order chi connectivity index (χ1) is 9.20. The molecule has 1 aliphatic rings. The van der Waals surface area contributed by atoms with Crippen LogP contribution in [-0.4, -0.2) is 0 Å². The highest BCUT2D eigenvalue weighted by atomic mass is 16.5.